The third-order valence-electron chi connectivity index (χ3n) is 5.57. The second-order valence-electron chi connectivity index (χ2n) is 8.20. The maximum absolute atomic E-state index is 5.92. The van der Waals surface area contributed by atoms with Gasteiger partial charge in [0.05, 0.1) is 18.7 Å². The zero-order valence-electron chi connectivity index (χ0n) is 20.8. The average Bonchev–Trinajstić information content (AvgIpc) is 2.81. The summed E-state index contributed by atoms with van der Waals surface area (Å²) < 4.78 is 11.0. The molecular weight excluding hydrogens is 438 g/mol. The Balaban J connectivity index is 2.77. The predicted octanol–water partition coefficient (Wildman–Crippen LogP) is 7.69. The highest BCUT2D eigenvalue weighted by molar-refractivity contribution is 7.99. The maximum Gasteiger partial charge on any atom is 0.241 e. The lowest BCUT2D eigenvalue weighted by atomic mass is 9.94. The van der Waals surface area contributed by atoms with Gasteiger partial charge in [-0.1, -0.05) is 90.3 Å². The van der Waals surface area contributed by atoms with Crippen molar-refractivity contribution in [3.8, 4) is 5.88 Å². The van der Waals surface area contributed by atoms with Gasteiger partial charge in [-0.05, 0) is 19.8 Å². The van der Waals surface area contributed by atoms with E-state index in [0.29, 0.717) is 18.4 Å². The third-order valence-corrected chi connectivity index (χ3v) is 6.96. The van der Waals surface area contributed by atoms with Crippen LogP contribution in [0.4, 0.5) is 5.69 Å². The molecular formula is C25H45N3O2S2. The van der Waals surface area contributed by atoms with Crippen LogP contribution in [0.25, 0.3) is 0 Å². The molecule has 5 nitrogen and oxygen atoms in total. The normalized spacial score (nSPS) is 12.0. The van der Waals surface area contributed by atoms with Crippen LogP contribution in [0, 0.1) is 5.92 Å². The van der Waals surface area contributed by atoms with E-state index in [1.807, 2.05) is 6.92 Å². The third kappa shape index (κ3) is 12.4. The number of aromatic nitrogens is 2. The van der Waals surface area contributed by atoms with Gasteiger partial charge in [-0.25, -0.2) is 4.98 Å². The van der Waals surface area contributed by atoms with Crippen molar-refractivity contribution in [3.63, 3.8) is 0 Å². The lowest BCUT2D eigenvalue weighted by Gasteiger charge is -2.21. The molecule has 0 aromatic carbocycles. The number of rotatable bonds is 20. The largest absolute Gasteiger partial charge is 0.479 e. The van der Waals surface area contributed by atoms with Crippen LogP contribution >= 0.6 is 24.0 Å². The maximum atomic E-state index is 5.92. The summed E-state index contributed by atoms with van der Waals surface area (Å²) in [6.45, 7) is 7.94. The number of methoxy groups -OCH3 is 1. The fourth-order valence-corrected chi connectivity index (χ4v) is 4.82. The molecule has 0 amide bonds. The Kier molecular flexibility index (Phi) is 17.8. The van der Waals surface area contributed by atoms with Crippen LogP contribution < -0.4 is 10.1 Å². The SMILES string of the molecule is CCCCCCCCC(CCCCCC)C(=S)Nc1c(OC)ncnc1SCCOCC. The van der Waals surface area contributed by atoms with Gasteiger partial charge in [0, 0.05) is 18.3 Å². The van der Waals surface area contributed by atoms with E-state index in [2.05, 4.69) is 29.1 Å². The van der Waals surface area contributed by atoms with Gasteiger partial charge in [0.1, 0.15) is 17.0 Å². The Hall–Kier alpha value is -0.920. The smallest absolute Gasteiger partial charge is 0.241 e. The van der Waals surface area contributed by atoms with E-state index in [0.717, 1.165) is 40.9 Å². The van der Waals surface area contributed by atoms with Gasteiger partial charge in [-0.15, -0.1) is 11.8 Å². The molecule has 32 heavy (non-hydrogen) atoms. The van der Waals surface area contributed by atoms with E-state index >= 15 is 0 Å². The summed E-state index contributed by atoms with van der Waals surface area (Å²) in [6.07, 6.45) is 16.8. The molecule has 0 aliphatic heterocycles. The molecule has 1 N–H and O–H groups in total. The number of thioether (sulfide) groups is 1. The van der Waals surface area contributed by atoms with Gasteiger partial charge in [-0.3, -0.25) is 0 Å². The molecule has 184 valence electrons. The lowest BCUT2D eigenvalue weighted by molar-refractivity contribution is 0.164. The average molecular weight is 484 g/mol. The van der Waals surface area contributed by atoms with Gasteiger partial charge in [0.2, 0.25) is 5.88 Å². The quantitative estimate of drug-likeness (QED) is 0.0882. The number of ether oxygens (including phenoxy) is 2. The standard InChI is InChI=1S/C25H45N3O2S2/c1-5-8-10-12-13-15-17-21(16-14-11-9-6-2)24(31)28-22-23(29-4)26-20-27-25(22)32-19-18-30-7-3/h20-21H,5-19H2,1-4H3,(H,28,31). The number of nitrogens with zero attached hydrogens (tertiary/aromatic N) is 2. The lowest BCUT2D eigenvalue weighted by Crippen LogP contribution is -2.22. The molecule has 0 saturated carbocycles. The highest BCUT2D eigenvalue weighted by Gasteiger charge is 2.19. The predicted molar refractivity (Wildman–Crippen MR) is 142 cm³/mol. The van der Waals surface area contributed by atoms with Gasteiger partial charge in [0.15, 0.2) is 0 Å². The molecule has 1 aromatic rings. The Labute approximate surface area is 206 Å². The molecule has 0 spiro atoms. The van der Waals surface area contributed by atoms with Gasteiger partial charge in [0.25, 0.3) is 0 Å². The summed E-state index contributed by atoms with van der Waals surface area (Å²) in [4.78, 5) is 9.68. The molecule has 7 heteroatoms. The highest BCUT2D eigenvalue weighted by Crippen LogP contribution is 2.33. The molecule has 0 radical (unpaired) electrons. The first-order valence-corrected chi connectivity index (χ1v) is 14.0. The summed E-state index contributed by atoms with van der Waals surface area (Å²) >= 11 is 7.57. The van der Waals surface area contributed by atoms with Crippen molar-refractivity contribution in [2.45, 2.75) is 103 Å². The summed E-state index contributed by atoms with van der Waals surface area (Å²) in [5, 5.41) is 4.36. The minimum atomic E-state index is 0.388. The Bertz CT molecular complexity index is 617. The Morgan fingerprint density at radius 1 is 0.969 bits per heavy atom. The van der Waals surface area contributed by atoms with Crippen LogP contribution in [0.15, 0.2) is 11.4 Å². The first-order valence-electron chi connectivity index (χ1n) is 12.6. The zero-order valence-corrected chi connectivity index (χ0v) is 22.4. The van der Waals surface area contributed by atoms with Gasteiger partial charge < -0.3 is 14.8 Å². The van der Waals surface area contributed by atoms with Crippen LogP contribution in [0.3, 0.4) is 0 Å². The number of unbranched alkanes of at least 4 members (excludes halogenated alkanes) is 8. The Morgan fingerprint density at radius 3 is 2.22 bits per heavy atom. The molecule has 0 fully saturated rings. The van der Waals surface area contributed by atoms with E-state index in [1.165, 1.54) is 64.2 Å². The van der Waals surface area contributed by atoms with Crippen molar-refractivity contribution in [3.05, 3.63) is 6.33 Å². The first-order chi connectivity index (χ1) is 15.7. The topological polar surface area (TPSA) is 56.3 Å². The molecule has 0 saturated heterocycles. The van der Waals surface area contributed by atoms with Crippen molar-refractivity contribution in [1.82, 2.24) is 9.97 Å². The minimum absolute atomic E-state index is 0.388. The summed E-state index contributed by atoms with van der Waals surface area (Å²) in [5.74, 6) is 1.76. The first kappa shape index (κ1) is 29.1. The van der Waals surface area contributed by atoms with Gasteiger partial charge >= 0.3 is 0 Å². The fraction of sp³-hybridized carbons (Fsp3) is 0.800. The number of nitrogens with one attached hydrogen (secondary N) is 1. The molecule has 0 aliphatic carbocycles. The molecule has 0 bridgehead atoms. The van der Waals surface area contributed by atoms with Crippen LogP contribution in [-0.2, 0) is 4.74 Å². The number of hydrogen-bond donors (Lipinski definition) is 1. The van der Waals surface area contributed by atoms with Crippen molar-refractivity contribution in [2.75, 3.05) is 31.4 Å². The van der Waals surface area contributed by atoms with Crippen molar-refractivity contribution >= 4 is 34.7 Å². The molecule has 1 atom stereocenters. The van der Waals surface area contributed by atoms with Crippen molar-refractivity contribution in [2.24, 2.45) is 5.92 Å². The van der Waals surface area contributed by atoms with Crippen LogP contribution in [0.2, 0.25) is 0 Å². The second-order valence-corrected chi connectivity index (χ2v) is 9.72. The summed E-state index contributed by atoms with van der Waals surface area (Å²) in [5.41, 5.74) is 0.794. The fourth-order valence-electron chi connectivity index (χ4n) is 3.69. The van der Waals surface area contributed by atoms with Crippen LogP contribution in [0.5, 0.6) is 5.88 Å². The monoisotopic (exact) mass is 483 g/mol. The van der Waals surface area contributed by atoms with E-state index in [1.54, 1.807) is 25.2 Å². The molecule has 1 heterocycles. The molecule has 0 aliphatic rings. The van der Waals surface area contributed by atoms with E-state index in [-0.39, 0.29) is 0 Å². The number of thiocarbonyl (C=S) groups is 1. The van der Waals surface area contributed by atoms with E-state index in [4.69, 9.17) is 21.7 Å². The summed E-state index contributed by atoms with van der Waals surface area (Å²) in [6, 6.07) is 0. The number of anilines is 1. The van der Waals surface area contributed by atoms with Gasteiger partial charge in [-0.2, -0.15) is 4.98 Å². The van der Waals surface area contributed by atoms with Crippen LogP contribution in [0.1, 0.15) is 97.8 Å². The number of hydrogen-bond acceptors (Lipinski definition) is 6. The molecule has 1 rings (SSSR count). The van der Waals surface area contributed by atoms with E-state index in [9.17, 15) is 0 Å². The highest BCUT2D eigenvalue weighted by atomic mass is 32.2. The Morgan fingerprint density at radius 2 is 1.59 bits per heavy atom. The van der Waals surface area contributed by atoms with Crippen molar-refractivity contribution in [1.29, 1.82) is 0 Å². The molecule has 1 unspecified atom stereocenters. The zero-order chi connectivity index (χ0) is 23.4. The van der Waals surface area contributed by atoms with Crippen molar-refractivity contribution < 1.29 is 9.47 Å². The van der Waals surface area contributed by atoms with E-state index < -0.39 is 0 Å². The molecule has 1 aromatic heterocycles. The summed E-state index contributed by atoms with van der Waals surface area (Å²) in [7, 11) is 1.64. The second kappa shape index (κ2) is 19.5. The minimum Gasteiger partial charge on any atom is -0.479 e. The van der Waals surface area contributed by atoms with Crippen LogP contribution in [-0.4, -0.2) is 41.0 Å².